The molecule has 0 aliphatic heterocycles. The van der Waals surface area contributed by atoms with Gasteiger partial charge in [0.15, 0.2) is 0 Å². The topological polar surface area (TPSA) is 78.1 Å². The Bertz CT molecular complexity index is 536. The highest BCUT2D eigenvalue weighted by atomic mass is 16.1. The molecule has 0 bridgehead atoms. The molecule has 2 N–H and O–H groups in total. The monoisotopic (exact) mass is 278 g/mol. The lowest BCUT2D eigenvalue weighted by atomic mass is 9.91. The van der Waals surface area contributed by atoms with Crippen molar-refractivity contribution in [2.75, 3.05) is 27.2 Å². The third-order valence-electron chi connectivity index (χ3n) is 3.59. The lowest BCUT2D eigenvalue weighted by Gasteiger charge is -2.17. The van der Waals surface area contributed by atoms with E-state index in [0.717, 1.165) is 49.0 Å². The third-order valence-corrected chi connectivity index (χ3v) is 3.59. The highest BCUT2D eigenvalue weighted by Gasteiger charge is 2.19. The molecule has 1 amide bonds. The summed E-state index contributed by atoms with van der Waals surface area (Å²) in [6.07, 6.45) is 3.99. The average Bonchev–Trinajstić information content (AvgIpc) is 2.42. The number of hydrogen-bond acceptors (Lipinski definition) is 4. The number of carbonyl (C=O) groups excluding carboxylic acids is 1. The highest BCUT2D eigenvalue weighted by molar-refractivity contribution is 5.78. The van der Waals surface area contributed by atoms with Crippen molar-refractivity contribution in [3.8, 4) is 0 Å². The maximum Gasteiger partial charge on any atom is 0.267 e. The number of nitrogens with one attached hydrogen (secondary N) is 2. The van der Waals surface area contributed by atoms with E-state index < -0.39 is 0 Å². The molecule has 1 aromatic rings. The van der Waals surface area contributed by atoms with Crippen LogP contribution in [0.15, 0.2) is 4.79 Å². The molecule has 1 heterocycles. The second kappa shape index (κ2) is 6.65. The molecule has 0 aromatic carbocycles. The van der Waals surface area contributed by atoms with Crippen molar-refractivity contribution in [3.05, 3.63) is 27.2 Å². The third kappa shape index (κ3) is 3.66. The first-order valence-corrected chi connectivity index (χ1v) is 7.08. The van der Waals surface area contributed by atoms with Crippen LogP contribution >= 0.6 is 0 Å². The molecular formula is C14H22N4O2. The van der Waals surface area contributed by atoms with Crippen LogP contribution in [0.25, 0.3) is 0 Å². The van der Waals surface area contributed by atoms with Gasteiger partial charge in [-0.3, -0.25) is 9.59 Å². The van der Waals surface area contributed by atoms with Gasteiger partial charge >= 0.3 is 0 Å². The van der Waals surface area contributed by atoms with Crippen LogP contribution in [0, 0.1) is 0 Å². The van der Waals surface area contributed by atoms with E-state index in [1.165, 1.54) is 0 Å². The summed E-state index contributed by atoms with van der Waals surface area (Å²) in [5, 5.41) is 9.45. The Morgan fingerprint density at radius 2 is 2.00 bits per heavy atom. The summed E-state index contributed by atoms with van der Waals surface area (Å²) in [5.74, 6) is -0.0424. The quantitative estimate of drug-likeness (QED) is 0.786. The molecule has 110 valence electrons. The van der Waals surface area contributed by atoms with Crippen LogP contribution in [-0.4, -0.2) is 48.2 Å². The van der Waals surface area contributed by atoms with Gasteiger partial charge in [0.05, 0.1) is 12.1 Å². The lowest BCUT2D eigenvalue weighted by Crippen LogP contribution is -2.33. The first-order valence-electron chi connectivity index (χ1n) is 7.08. The molecule has 20 heavy (non-hydrogen) atoms. The molecule has 6 nitrogen and oxygen atoms in total. The van der Waals surface area contributed by atoms with Crippen molar-refractivity contribution in [1.82, 2.24) is 20.4 Å². The molecule has 1 aliphatic rings. The van der Waals surface area contributed by atoms with Crippen LogP contribution in [0.5, 0.6) is 0 Å². The Hall–Kier alpha value is -1.69. The molecule has 1 aromatic heterocycles. The Labute approximate surface area is 118 Å². The minimum atomic E-state index is -0.100. The maximum atomic E-state index is 11.9. The number of hydrogen-bond donors (Lipinski definition) is 2. The van der Waals surface area contributed by atoms with Gasteiger partial charge in [0, 0.05) is 18.7 Å². The molecule has 2 rings (SSSR count). The molecule has 6 heteroatoms. The number of H-pyrrole nitrogens is 1. The van der Waals surface area contributed by atoms with Crippen LogP contribution in [-0.2, 0) is 24.1 Å². The molecular weight excluding hydrogens is 256 g/mol. The lowest BCUT2D eigenvalue weighted by molar-refractivity contribution is -0.120. The predicted octanol–water partition coefficient (Wildman–Crippen LogP) is -0.131. The van der Waals surface area contributed by atoms with Crippen molar-refractivity contribution in [3.63, 3.8) is 0 Å². The van der Waals surface area contributed by atoms with Crippen molar-refractivity contribution in [2.45, 2.75) is 32.1 Å². The Morgan fingerprint density at radius 3 is 2.70 bits per heavy atom. The first kappa shape index (κ1) is 14.7. The Balaban J connectivity index is 2.03. The zero-order valence-corrected chi connectivity index (χ0v) is 12.2. The van der Waals surface area contributed by atoms with Gasteiger partial charge in [0.2, 0.25) is 5.91 Å². The van der Waals surface area contributed by atoms with Gasteiger partial charge in [0.1, 0.15) is 0 Å². The fraction of sp³-hybridized carbons (Fsp3) is 0.643. The largest absolute Gasteiger partial charge is 0.354 e. The molecule has 0 spiro atoms. The van der Waals surface area contributed by atoms with Gasteiger partial charge < -0.3 is 10.2 Å². The van der Waals surface area contributed by atoms with E-state index >= 15 is 0 Å². The van der Waals surface area contributed by atoms with E-state index in [0.29, 0.717) is 6.54 Å². The molecule has 0 fully saturated rings. The molecule has 0 saturated carbocycles. The van der Waals surface area contributed by atoms with Crippen LogP contribution < -0.4 is 10.9 Å². The zero-order chi connectivity index (χ0) is 14.5. The Morgan fingerprint density at radius 1 is 1.30 bits per heavy atom. The first-order chi connectivity index (χ1) is 9.58. The maximum absolute atomic E-state index is 11.9. The standard InChI is InChI=1S/C14H22N4O2/c1-18(2)8-7-15-13(19)9-12-10-5-3-4-6-11(10)14(20)17-16-12/h3-9H2,1-2H3,(H,15,19)(H,17,20). The summed E-state index contributed by atoms with van der Waals surface area (Å²) in [7, 11) is 3.93. The molecule has 0 atom stereocenters. The van der Waals surface area contributed by atoms with Crippen LogP contribution in [0.3, 0.4) is 0 Å². The summed E-state index contributed by atoms with van der Waals surface area (Å²) in [4.78, 5) is 25.6. The number of aromatic nitrogens is 2. The zero-order valence-electron chi connectivity index (χ0n) is 12.2. The number of amides is 1. The number of aromatic amines is 1. The van der Waals surface area contributed by atoms with Gasteiger partial charge in [0.25, 0.3) is 5.56 Å². The summed E-state index contributed by atoms with van der Waals surface area (Å²) < 4.78 is 0. The molecule has 1 aliphatic carbocycles. The average molecular weight is 278 g/mol. The highest BCUT2D eigenvalue weighted by Crippen LogP contribution is 2.20. The number of rotatable bonds is 5. The van der Waals surface area contributed by atoms with Crippen molar-refractivity contribution < 1.29 is 4.79 Å². The molecule has 0 radical (unpaired) electrons. The second-order valence-corrected chi connectivity index (χ2v) is 5.49. The summed E-state index contributed by atoms with van der Waals surface area (Å²) in [6, 6.07) is 0. The number of nitrogens with zero attached hydrogens (tertiary/aromatic N) is 2. The normalized spacial score (nSPS) is 14.2. The Kier molecular flexibility index (Phi) is 4.89. The van der Waals surface area contributed by atoms with Gasteiger partial charge in [-0.25, -0.2) is 5.10 Å². The summed E-state index contributed by atoms with van der Waals surface area (Å²) in [5.41, 5.74) is 2.43. The minimum absolute atomic E-state index is 0.0424. The van der Waals surface area contributed by atoms with Gasteiger partial charge in [-0.05, 0) is 45.3 Å². The second-order valence-electron chi connectivity index (χ2n) is 5.49. The van der Waals surface area contributed by atoms with Crippen molar-refractivity contribution in [2.24, 2.45) is 0 Å². The van der Waals surface area contributed by atoms with E-state index in [4.69, 9.17) is 0 Å². The van der Waals surface area contributed by atoms with Gasteiger partial charge in [-0.15, -0.1) is 0 Å². The van der Waals surface area contributed by atoms with Gasteiger partial charge in [-0.2, -0.15) is 5.10 Å². The fourth-order valence-corrected chi connectivity index (χ4v) is 2.51. The number of likely N-dealkylation sites (N-methyl/N-ethyl adjacent to an activating group) is 1. The van der Waals surface area contributed by atoms with E-state index in [1.807, 2.05) is 19.0 Å². The summed E-state index contributed by atoms with van der Waals surface area (Å²) >= 11 is 0. The van der Waals surface area contributed by atoms with Crippen molar-refractivity contribution in [1.29, 1.82) is 0 Å². The number of fused-ring (bicyclic) bond motifs is 1. The molecule has 0 unspecified atom stereocenters. The predicted molar refractivity (Wildman–Crippen MR) is 76.8 cm³/mol. The van der Waals surface area contributed by atoms with E-state index in [-0.39, 0.29) is 17.9 Å². The number of carbonyl (C=O) groups is 1. The van der Waals surface area contributed by atoms with E-state index in [9.17, 15) is 9.59 Å². The molecule has 0 saturated heterocycles. The summed E-state index contributed by atoms with van der Waals surface area (Å²) in [6.45, 7) is 1.43. The van der Waals surface area contributed by atoms with Gasteiger partial charge in [-0.1, -0.05) is 0 Å². The fourth-order valence-electron chi connectivity index (χ4n) is 2.51. The van der Waals surface area contributed by atoms with Crippen molar-refractivity contribution >= 4 is 5.91 Å². The van der Waals surface area contributed by atoms with Crippen LogP contribution in [0.1, 0.15) is 29.7 Å². The van der Waals surface area contributed by atoms with E-state index in [1.54, 1.807) is 0 Å². The SMILES string of the molecule is CN(C)CCNC(=O)Cc1n[nH]c(=O)c2c1CCCC2. The van der Waals surface area contributed by atoms with Crippen LogP contribution in [0.4, 0.5) is 0 Å². The van der Waals surface area contributed by atoms with E-state index in [2.05, 4.69) is 15.5 Å². The van der Waals surface area contributed by atoms with Crippen LogP contribution in [0.2, 0.25) is 0 Å². The minimum Gasteiger partial charge on any atom is -0.354 e. The smallest absolute Gasteiger partial charge is 0.267 e.